The van der Waals surface area contributed by atoms with Gasteiger partial charge in [0.1, 0.15) is 17.0 Å². The molecule has 1 aromatic carbocycles. The molecule has 0 radical (unpaired) electrons. The zero-order valence-corrected chi connectivity index (χ0v) is 17.7. The number of amides is 1. The molecule has 1 spiro atoms. The van der Waals surface area contributed by atoms with Gasteiger partial charge in [0.05, 0.1) is 0 Å². The summed E-state index contributed by atoms with van der Waals surface area (Å²) in [4.78, 5) is 25.0. The van der Waals surface area contributed by atoms with E-state index in [2.05, 4.69) is 46.9 Å². The van der Waals surface area contributed by atoms with E-state index in [0.717, 1.165) is 57.7 Å². The summed E-state index contributed by atoms with van der Waals surface area (Å²) in [7, 11) is 0. The number of nitrogen functional groups attached to an aromatic ring is 1. The average molecular weight is 408 g/mol. The zero-order valence-electron chi connectivity index (χ0n) is 17.7. The van der Waals surface area contributed by atoms with E-state index in [-0.39, 0.29) is 22.9 Å². The first-order valence-electron chi connectivity index (χ1n) is 10.7. The van der Waals surface area contributed by atoms with Crippen LogP contribution in [0.5, 0.6) is 5.75 Å². The minimum Gasteiger partial charge on any atom is -0.487 e. The van der Waals surface area contributed by atoms with Gasteiger partial charge in [0.15, 0.2) is 0 Å². The number of ether oxygens (including phenoxy) is 1. The summed E-state index contributed by atoms with van der Waals surface area (Å²) in [5.41, 5.74) is 8.91. The molecule has 158 valence electrons. The molecule has 3 aliphatic rings. The van der Waals surface area contributed by atoms with Gasteiger partial charge in [0.2, 0.25) is 5.95 Å². The predicted octanol–water partition coefficient (Wildman–Crippen LogP) is 2.51. The second-order valence-corrected chi connectivity index (χ2v) is 9.67. The van der Waals surface area contributed by atoms with Crippen LogP contribution in [0.25, 0.3) is 0 Å². The summed E-state index contributed by atoms with van der Waals surface area (Å²) in [6, 6.07) is 8.07. The number of aromatic nitrogens is 2. The number of carbonyl (C=O) groups excluding carboxylic acids is 1. The van der Waals surface area contributed by atoms with Gasteiger partial charge in [-0.25, -0.2) is 9.97 Å². The van der Waals surface area contributed by atoms with Crippen LogP contribution in [0.3, 0.4) is 0 Å². The smallest absolute Gasteiger partial charge is 0.272 e. The number of benzene rings is 1. The molecule has 7 heteroatoms. The molecule has 2 saturated heterocycles. The van der Waals surface area contributed by atoms with Crippen molar-refractivity contribution in [2.24, 2.45) is 5.41 Å². The Bertz CT molecular complexity index is 973. The van der Waals surface area contributed by atoms with Crippen molar-refractivity contribution >= 4 is 11.9 Å². The van der Waals surface area contributed by atoms with Gasteiger partial charge in [-0.05, 0) is 57.5 Å². The van der Waals surface area contributed by atoms with E-state index >= 15 is 0 Å². The largest absolute Gasteiger partial charge is 0.487 e. The van der Waals surface area contributed by atoms with Crippen LogP contribution in [0.4, 0.5) is 5.95 Å². The summed E-state index contributed by atoms with van der Waals surface area (Å²) in [5.74, 6) is 1.15. The number of anilines is 1. The number of fused-ring (bicyclic) bond motifs is 1. The van der Waals surface area contributed by atoms with Crippen LogP contribution in [-0.4, -0.2) is 57.5 Å². The maximum atomic E-state index is 12.6. The predicted molar refractivity (Wildman–Crippen MR) is 114 cm³/mol. The normalized spacial score (nSPS) is 21.7. The van der Waals surface area contributed by atoms with Crippen molar-refractivity contribution in [2.75, 3.05) is 31.9 Å². The first-order valence-corrected chi connectivity index (χ1v) is 10.7. The summed E-state index contributed by atoms with van der Waals surface area (Å²) in [6.07, 6.45) is 4.76. The molecule has 1 amide bonds. The Kier molecular flexibility index (Phi) is 4.47. The van der Waals surface area contributed by atoms with Gasteiger partial charge in [0, 0.05) is 43.2 Å². The molecule has 4 heterocycles. The van der Waals surface area contributed by atoms with Crippen molar-refractivity contribution in [3.8, 4) is 5.75 Å². The minimum atomic E-state index is -0.110. The fourth-order valence-electron chi connectivity index (χ4n) is 5.12. The third-order valence-electron chi connectivity index (χ3n) is 6.76. The standard InChI is InChI=1S/C23H29N5O2/c1-22(2)12-17-16(4-3-5-19(17)30-22)13-27-10-7-23(8-11-27)14-28(15-23)20(29)18-6-9-25-21(24)26-18/h3-6,9H,7-8,10-15H2,1-2H3,(H2,24,25,26). The van der Waals surface area contributed by atoms with Crippen molar-refractivity contribution in [3.05, 3.63) is 47.3 Å². The SMILES string of the molecule is CC1(C)Cc2c(CN3CCC4(CC3)CN(C(=O)c3ccnc(N)n3)C4)cccc2O1. The Labute approximate surface area is 177 Å². The van der Waals surface area contributed by atoms with E-state index in [0.29, 0.717) is 5.69 Å². The van der Waals surface area contributed by atoms with E-state index in [9.17, 15) is 4.79 Å². The summed E-state index contributed by atoms with van der Waals surface area (Å²) < 4.78 is 6.09. The van der Waals surface area contributed by atoms with Gasteiger partial charge in [-0.1, -0.05) is 12.1 Å². The van der Waals surface area contributed by atoms with Crippen LogP contribution in [0, 0.1) is 5.41 Å². The van der Waals surface area contributed by atoms with Crippen molar-refractivity contribution in [3.63, 3.8) is 0 Å². The van der Waals surface area contributed by atoms with Gasteiger partial charge >= 0.3 is 0 Å². The summed E-state index contributed by atoms with van der Waals surface area (Å²) in [5, 5.41) is 0. The monoisotopic (exact) mass is 407 g/mol. The van der Waals surface area contributed by atoms with E-state index in [1.807, 2.05) is 4.90 Å². The molecule has 0 saturated carbocycles. The highest BCUT2D eigenvalue weighted by atomic mass is 16.5. The van der Waals surface area contributed by atoms with Crippen molar-refractivity contribution in [1.82, 2.24) is 19.8 Å². The maximum Gasteiger partial charge on any atom is 0.272 e. The molecule has 0 aliphatic carbocycles. The minimum absolute atomic E-state index is 0.0420. The molecular weight excluding hydrogens is 378 g/mol. The fraction of sp³-hybridized carbons (Fsp3) is 0.522. The second kappa shape index (κ2) is 6.94. The summed E-state index contributed by atoms with van der Waals surface area (Å²) >= 11 is 0. The molecule has 3 aliphatic heterocycles. The van der Waals surface area contributed by atoms with Crippen LogP contribution >= 0.6 is 0 Å². The molecule has 30 heavy (non-hydrogen) atoms. The van der Waals surface area contributed by atoms with Crippen LogP contribution in [0.1, 0.15) is 48.3 Å². The number of nitrogens with two attached hydrogens (primary N) is 1. The second-order valence-electron chi connectivity index (χ2n) is 9.67. The lowest BCUT2D eigenvalue weighted by atomic mass is 9.72. The lowest BCUT2D eigenvalue weighted by Crippen LogP contribution is -2.61. The van der Waals surface area contributed by atoms with E-state index in [1.54, 1.807) is 6.07 Å². The molecule has 2 aromatic rings. The fourth-order valence-corrected chi connectivity index (χ4v) is 5.12. The van der Waals surface area contributed by atoms with E-state index < -0.39 is 0 Å². The molecule has 2 fully saturated rings. The number of hydrogen-bond acceptors (Lipinski definition) is 6. The third kappa shape index (κ3) is 3.51. The molecule has 0 atom stereocenters. The molecule has 0 unspecified atom stereocenters. The number of rotatable bonds is 3. The van der Waals surface area contributed by atoms with Crippen LogP contribution in [0.15, 0.2) is 30.5 Å². The first kappa shape index (κ1) is 19.3. The van der Waals surface area contributed by atoms with Gasteiger partial charge < -0.3 is 15.4 Å². The lowest BCUT2D eigenvalue weighted by Gasteiger charge is -2.54. The zero-order chi connectivity index (χ0) is 20.9. The topological polar surface area (TPSA) is 84.6 Å². The molecule has 1 aromatic heterocycles. The lowest BCUT2D eigenvalue weighted by molar-refractivity contribution is -0.0339. The van der Waals surface area contributed by atoms with Gasteiger partial charge in [-0.3, -0.25) is 9.69 Å². The molecule has 5 rings (SSSR count). The van der Waals surface area contributed by atoms with E-state index in [1.165, 1.54) is 17.3 Å². The molecule has 7 nitrogen and oxygen atoms in total. The Balaban J connectivity index is 1.17. The Morgan fingerprint density at radius 1 is 1.20 bits per heavy atom. The Morgan fingerprint density at radius 2 is 1.97 bits per heavy atom. The molecule has 2 N–H and O–H groups in total. The Hall–Kier alpha value is -2.67. The van der Waals surface area contributed by atoms with Crippen LogP contribution < -0.4 is 10.5 Å². The van der Waals surface area contributed by atoms with Crippen molar-refractivity contribution in [1.29, 1.82) is 0 Å². The van der Waals surface area contributed by atoms with Gasteiger partial charge in [0.25, 0.3) is 5.91 Å². The van der Waals surface area contributed by atoms with Crippen molar-refractivity contribution < 1.29 is 9.53 Å². The highest BCUT2D eigenvalue weighted by Gasteiger charge is 2.47. The highest BCUT2D eigenvalue weighted by Crippen LogP contribution is 2.42. The number of hydrogen-bond donors (Lipinski definition) is 1. The highest BCUT2D eigenvalue weighted by molar-refractivity contribution is 5.93. The quantitative estimate of drug-likeness (QED) is 0.842. The third-order valence-corrected chi connectivity index (χ3v) is 6.76. The molecular formula is C23H29N5O2. The van der Waals surface area contributed by atoms with Gasteiger partial charge in [-0.15, -0.1) is 0 Å². The van der Waals surface area contributed by atoms with Gasteiger partial charge in [-0.2, -0.15) is 0 Å². The molecule has 0 bridgehead atoms. The maximum absolute atomic E-state index is 12.6. The number of piperidine rings is 1. The van der Waals surface area contributed by atoms with Crippen molar-refractivity contribution in [2.45, 2.75) is 45.3 Å². The first-order chi connectivity index (χ1) is 14.3. The van der Waals surface area contributed by atoms with Crippen LogP contribution in [0.2, 0.25) is 0 Å². The number of carbonyl (C=O) groups is 1. The van der Waals surface area contributed by atoms with Crippen LogP contribution in [-0.2, 0) is 13.0 Å². The number of nitrogens with zero attached hydrogens (tertiary/aromatic N) is 4. The average Bonchev–Trinajstić information content (AvgIpc) is 3.01. The number of likely N-dealkylation sites (tertiary alicyclic amines) is 2. The van der Waals surface area contributed by atoms with E-state index in [4.69, 9.17) is 10.5 Å². The summed E-state index contributed by atoms with van der Waals surface area (Å²) in [6.45, 7) is 9.04. The Morgan fingerprint density at radius 3 is 2.70 bits per heavy atom.